The van der Waals surface area contributed by atoms with Crippen molar-refractivity contribution in [2.24, 2.45) is 0 Å². The maximum atomic E-state index is 12.1. The Morgan fingerprint density at radius 1 is 0.562 bits per heavy atom. The molecular weight excluding hydrogens is 420 g/mol. The number of rotatable bonds is 11. The van der Waals surface area contributed by atoms with Crippen LogP contribution in [-0.2, 0) is 18.9 Å². The molecule has 1 N–H and O–H groups in total. The summed E-state index contributed by atoms with van der Waals surface area (Å²) in [6, 6.07) is 11.4. The maximum Gasteiger partial charge on any atom is 0.338 e. The number of benzene rings is 2. The predicted octanol–water partition coefficient (Wildman–Crippen LogP) is 2.42. The molecule has 0 saturated carbocycles. The van der Waals surface area contributed by atoms with Crippen LogP contribution in [0.3, 0.4) is 0 Å². The Hall–Kier alpha value is -3.72. The lowest BCUT2D eigenvalue weighted by Crippen LogP contribution is -2.15. The molecule has 0 bridgehead atoms. The molecule has 0 saturated heterocycles. The quantitative estimate of drug-likeness (QED) is 0.316. The van der Waals surface area contributed by atoms with Gasteiger partial charge in [-0.2, -0.15) is 0 Å². The fourth-order valence-electron chi connectivity index (χ4n) is 2.42. The van der Waals surface area contributed by atoms with E-state index in [2.05, 4.69) is 0 Å². The topological polar surface area (TPSA) is 125 Å². The minimum atomic E-state index is -0.647. The molecule has 170 valence electrons. The van der Waals surface area contributed by atoms with Gasteiger partial charge in [0.15, 0.2) is 0 Å². The summed E-state index contributed by atoms with van der Waals surface area (Å²) in [5, 5.41) is 8.65. The number of aliphatic hydroxyl groups excluding tert-OH is 1. The highest BCUT2D eigenvalue weighted by Gasteiger charge is 2.13. The van der Waals surface area contributed by atoms with Gasteiger partial charge in [-0.3, -0.25) is 0 Å². The zero-order valence-corrected chi connectivity index (χ0v) is 17.6. The van der Waals surface area contributed by atoms with Crippen molar-refractivity contribution in [2.75, 3.05) is 33.0 Å². The van der Waals surface area contributed by atoms with Crippen LogP contribution < -0.4 is 0 Å². The van der Waals surface area contributed by atoms with E-state index < -0.39 is 23.9 Å². The predicted molar refractivity (Wildman–Crippen MR) is 111 cm³/mol. The van der Waals surface area contributed by atoms with Crippen LogP contribution in [0.15, 0.2) is 48.5 Å². The van der Waals surface area contributed by atoms with Gasteiger partial charge in [-0.1, -0.05) is 6.92 Å². The molecular formula is C23H24O9. The lowest BCUT2D eigenvalue weighted by Gasteiger charge is -2.08. The Morgan fingerprint density at radius 3 is 1.12 bits per heavy atom. The Kier molecular flexibility index (Phi) is 9.86. The summed E-state index contributed by atoms with van der Waals surface area (Å²) in [5.41, 5.74) is 1.01. The van der Waals surface area contributed by atoms with Crippen LogP contribution >= 0.6 is 0 Å². The molecule has 0 fully saturated rings. The van der Waals surface area contributed by atoms with Crippen LogP contribution in [0.5, 0.6) is 0 Å². The van der Waals surface area contributed by atoms with E-state index >= 15 is 0 Å². The Bertz CT molecular complexity index is 840. The van der Waals surface area contributed by atoms with Gasteiger partial charge in [-0.25, -0.2) is 19.2 Å². The molecule has 0 spiro atoms. The third-order valence-electron chi connectivity index (χ3n) is 4.02. The fraction of sp³-hybridized carbons (Fsp3) is 0.304. The first-order valence-electron chi connectivity index (χ1n) is 9.95. The van der Waals surface area contributed by atoms with E-state index in [-0.39, 0.29) is 43.1 Å². The minimum Gasteiger partial charge on any atom is -0.462 e. The van der Waals surface area contributed by atoms with Gasteiger partial charge >= 0.3 is 23.9 Å². The first-order valence-corrected chi connectivity index (χ1v) is 9.95. The summed E-state index contributed by atoms with van der Waals surface area (Å²) in [5.74, 6) is -2.35. The SMILES string of the molecule is CCCOC(=O)c1ccc(C(=O)OCCOC(=O)c2ccc(C(=O)OCCO)cc2)cc1. The zero-order chi connectivity index (χ0) is 23.3. The van der Waals surface area contributed by atoms with Crippen LogP contribution in [0.2, 0.25) is 0 Å². The summed E-state index contributed by atoms with van der Waals surface area (Å²) < 4.78 is 19.9. The van der Waals surface area contributed by atoms with Crippen molar-refractivity contribution in [3.05, 3.63) is 70.8 Å². The van der Waals surface area contributed by atoms with E-state index in [0.29, 0.717) is 18.6 Å². The van der Waals surface area contributed by atoms with E-state index in [0.717, 1.165) is 0 Å². The number of hydrogen-bond donors (Lipinski definition) is 1. The maximum absolute atomic E-state index is 12.1. The van der Waals surface area contributed by atoms with Crippen molar-refractivity contribution in [1.29, 1.82) is 0 Å². The standard InChI is InChI=1S/C23H24O9/c1-2-12-29-20(25)16-3-7-18(8-4-16)22(27)31-14-15-32-23(28)19-9-5-17(6-10-19)21(26)30-13-11-24/h3-10,24H,2,11-15H2,1H3. The van der Waals surface area contributed by atoms with Gasteiger partial charge in [0.1, 0.15) is 19.8 Å². The largest absolute Gasteiger partial charge is 0.462 e. The molecule has 0 amide bonds. The van der Waals surface area contributed by atoms with E-state index in [4.69, 9.17) is 24.1 Å². The molecule has 0 aliphatic rings. The lowest BCUT2D eigenvalue weighted by molar-refractivity contribution is 0.0265. The normalized spacial score (nSPS) is 10.2. The first kappa shape index (κ1) is 24.5. The van der Waals surface area contributed by atoms with Crippen molar-refractivity contribution in [2.45, 2.75) is 13.3 Å². The van der Waals surface area contributed by atoms with Crippen LogP contribution in [0.4, 0.5) is 0 Å². The van der Waals surface area contributed by atoms with Crippen LogP contribution in [0, 0.1) is 0 Å². The third-order valence-corrected chi connectivity index (χ3v) is 4.02. The second-order valence-electron chi connectivity index (χ2n) is 6.42. The third kappa shape index (κ3) is 7.51. The monoisotopic (exact) mass is 444 g/mol. The second-order valence-corrected chi connectivity index (χ2v) is 6.42. The Balaban J connectivity index is 1.75. The molecule has 0 unspecified atom stereocenters. The average molecular weight is 444 g/mol. The van der Waals surface area contributed by atoms with E-state index in [9.17, 15) is 19.2 Å². The molecule has 2 aromatic carbocycles. The van der Waals surface area contributed by atoms with Crippen LogP contribution in [-0.4, -0.2) is 62.0 Å². The molecule has 9 heteroatoms. The number of hydrogen-bond acceptors (Lipinski definition) is 9. The lowest BCUT2D eigenvalue weighted by atomic mass is 10.1. The molecule has 0 aliphatic carbocycles. The highest BCUT2D eigenvalue weighted by molar-refractivity contribution is 5.94. The van der Waals surface area contributed by atoms with E-state index in [1.54, 1.807) is 0 Å². The second kappa shape index (κ2) is 12.9. The summed E-state index contributed by atoms with van der Waals surface area (Å²) in [4.78, 5) is 47.5. The molecule has 0 atom stereocenters. The zero-order valence-electron chi connectivity index (χ0n) is 17.6. The molecule has 9 nitrogen and oxygen atoms in total. The van der Waals surface area contributed by atoms with E-state index in [1.807, 2.05) is 6.92 Å². The van der Waals surface area contributed by atoms with Crippen molar-refractivity contribution in [1.82, 2.24) is 0 Å². The molecule has 2 aromatic rings. The molecule has 0 radical (unpaired) electrons. The summed E-state index contributed by atoms with van der Waals surface area (Å²) in [6.45, 7) is 1.50. The number of aliphatic hydroxyl groups is 1. The fourth-order valence-corrected chi connectivity index (χ4v) is 2.42. The average Bonchev–Trinajstić information content (AvgIpc) is 2.83. The van der Waals surface area contributed by atoms with Gasteiger partial charge in [0, 0.05) is 0 Å². The molecule has 2 rings (SSSR count). The Morgan fingerprint density at radius 2 is 0.844 bits per heavy atom. The van der Waals surface area contributed by atoms with Gasteiger partial charge in [-0.15, -0.1) is 0 Å². The smallest absolute Gasteiger partial charge is 0.338 e. The highest BCUT2D eigenvalue weighted by Crippen LogP contribution is 2.09. The summed E-state index contributed by atoms with van der Waals surface area (Å²) >= 11 is 0. The van der Waals surface area contributed by atoms with E-state index in [1.165, 1.54) is 48.5 Å². The van der Waals surface area contributed by atoms with Crippen molar-refractivity contribution in [3.63, 3.8) is 0 Å². The molecule has 0 aromatic heterocycles. The number of carbonyl (C=O) groups is 4. The Labute approximate surface area is 184 Å². The van der Waals surface area contributed by atoms with Crippen molar-refractivity contribution < 1.29 is 43.2 Å². The number of ether oxygens (including phenoxy) is 4. The van der Waals surface area contributed by atoms with Gasteiger partial charge in [-0.05, 0) is 55.0 Å². The van der Waals surface area contributed by atoms with Gasteiger partial charge in [0.2, 0.25) is 0 Å². The molecule has 0 aliphatic heterocycles. The molecule has 32 heavy (non-hydrogen) atoms. The van der Waals surface area contributed by atoms with Crippen molar-refractivity contribution >= 4 is 23.9 Å². The highest BCUT2D eigenvalue weighted by atomic mass is 16.6. The van der Waals surface area contributed by atoms with Crippen LogP contribution in [0.25, 0.3) is 0 Å². The van der Waals surface area contributed by atoms with Crippen LogP contribution in [0.1, 0.15) is 54.8 Å². The first-order chi connectivity index (χ1) is 15.5. The number of carbonyl (C=O) groups excluding carboxylic acids is 4. The minimum absolute atomic E-state index is 0.114. The molecule has 0 heterocycles. The summed E-state index contributed by atoms with van der Waals surface area (Å²) in [7, 11) is 0. The van der Waals surface area contributed by atoms with Gasteiger partial charge in [0.25, 0.3) is 0 Å². The van der Waals surface area contributed by atoms with Gasteiger partial charge < -0.3 is 24.1 Å². The summed E-state index contributed by atoms with van der Waals surface area (Å²) in [6.07, 6.45) is 0.714. The van der Waals surface area contributed by atoms with Crippen molar-refractivity contribution in [3.8, 4) is 0 Å². The number of esters is 4. The van der Waals surface area contributed by atoms with Gasteiger partial charge in [0.05, 0.1) is 35.5 Å².